The van der Waals surface area contributed by atoms with E-state index in [4.69, 9.17) is 23.4 Å². The van der Waals surface area contributed by atoms with Crippen molar-refractivity contribution in [2.24, 2.45) is 0 Å². The second kappa shape index (κ2) is 17.5. The SMILES string of the molecule is [2H]c1c([2H])c([2H])c(-c2cccc(-c3c([2H])c([2H])c([2H])c([2H])c3[2H])c2-[n+]2[c-]n(-c3[c-]c(Oc4[c-]c5c(cc4)c4cc(C(C)(C)C)ccc4n5-c4cc(C(CC)CC)ccn4)ccc3)c3cccc(C)c32)c([2H])c1[2H].[Pt]. The summed E-state index contributed by atoms with van der Waals surface area (Å²) in [6.45, 7) is 12.9. The quantitative estimate of drug-likeness (QED) is 0.101. The second-order valence-electron chi connectivity index (χ2n) is 16.8. The first-order chi connectivity index (χ1) is 34.8. The summed E-state index contributed by atoms with van der Waals surface area (Å²) in [6, 6.07) is 32.5. The molecule has 10 aromatic rings. The van der Waals surface area contributed by atoms with Gasteiger partial charge < -0.3 is 13.9 Å². The monoisotopic (exact) mass is 1020 g/mol. The number of hydrogen-bond acceptors (Lipinski definition) is 2. The van der Waals surface area contributed by atoms with Crippen LogP contribution in [0.2, 0.25) is 0 Å². The summed E-state index contributed by atoms with van der Waals surface area (Å²) in [6.07, 6.45) is 7.36. The van der Waals surface area contributed by atoms with Gasteiger partial charge in [-0.3, -0.25) is 4.57 Å². The number of benzene rings is 7. The maximum atomic E-state index is 9.06. The summed E-state index contributed by atoms with van der Waals surface area (Å²) in [7, 11) is 0. The predicted octanol–water partition coefficient (Wildman–Crippen LogP) is 14.4. The molecule has 7 aromatic carbocycles. The molecule has 0 spiro atoms. The third kappa shape index (κ3) is 7.77. The van der Waals surface area contributed by atoms with E-state index in [0.29, 0.717) is 34.1 Å². The Bertz CT molecular complexity index is 3750. The first kappa shape index (κ1) is 32.2. The fourth-order valence-corrected chi connectivity index (χ4v) is 8.63. The van der Waals surface area contributed by atoms with Gasteiger partial charge in [-0.25, -0.2) is 4.98 Å². The molecule has 0 saturated heterocycles. The Hall–Kier alpha value is -6.55. The average Bonchev–Trinajstić information content (AvgIpc) is 3.93. The number of nitrogens with zero attached hydrogens (tertiary/aromatic N) is 4. The molecule has 0 aliphatic carbocycles. The number of ether oxygens (including phenoxy) is 1. The van der Waals surface area contributed by atoms with Gasteiger partial charge in [0.1, 0.15) is 5.82 Å². The fourth-order valence-electron chi connectivity index (χ4n) is 8.63. The van der Waals surface area contributed by atoms with Gasteiger partial charge in [0.15, 0.2) is 0 Å². The van der Waals surface area contributed by atoms with Gasteiger partial charge in [0.05, 0.1) is 30.4 Å². The number of imidazole rings is 1. The normalized spacial score (nSPS) is 13.9. The van der Waals surface area contributed by atoms with Crippen molar-refractivity contribution in [1.82, 2.24) is 14.1 Å². The smallest absolute Gasteiger partial charge is 0.268 e. The zero-order valence-electron chi connectivity index (χ0n) is 46.3. The van der Waals surface area contributed by atoms with Gasteiger partial charge in [-0.05, 0) is 99.3 Å². The standard InChI is InChI=1S/C58H50N4O.Pt/c1-7-40(8-2)43-32-33-59-55(34-43)62-52-31-28-44(58(4,5)6)35-51(52)50-30-29-47(37-54(50)62)63-46-24-16-23-45(36-46)60-38-61(56-39(3)18-15-27-53(56)60)57-48(41-19-11-9-12-20-41)25-17-26-49(57)42-21-13-10-14-22-42;/h9-35,40H,7-8H2,1-6H3;/q-2;/i9D,10D,11D,12D,13D,14D,19D,20D,21D,22D;. The van der Waals surface area contributed by atoms with Crippen molar-refractivity contribution in [3.05, 3.63) is 199 Å². The van der Waals surface area contributed by atoms with Gasteiger partial charge in [-0.15, -0.1) is 29.7 Å². The molecule has 0 N–H and O–H groups in total. The number of fused-ring (bicyclic) bond motifs is 4. The molecule has 0 radical (unpaired) electrons. The fraction of sp³-hybridized carbons (Fsp3) is 0.172. The molecule has 0 aliphatic rings. The Labute approximate surface area is 405 Å². The Kier molecular flexibility index (Phi) is 8.82. The molecule has 3 aromatic heterocycles. The van der Waals surface area contributed by atoms with Crippen LogP contribution in [0.3, 0.4) is 0 Å². The second-order valence-corrected chi connectivity index (χ2v) is 16.8. The van der Waals surface area contributed by atoms with Crippen LogP contribution in [0, 0.1) is 25.4 Å². The van der Waals surface area contributed by atoms with Crippen molar-refractivity contribution in [1.29, 1.82) is 0 Å². The van der Waals surface area contributed by atoms with Crippen LogP contribution in [0.5, 0.6) is 11.5 Å². The average molecular weight is 1020 g/mol. The van der Waals surface area contributed by atoms with Crippen LogP contribution in [0.15, 0.2) is 164 Å². The summed E-state index contributed by atoms with van der Waals surface area (Å²) in [5, 5.41) is 2.08. The van der Waals surface area contributed by atoms with Crippen molar-refractivity contribution in [2.45, 2.75) is 65.7 Å². The van der Waals surface area contributed by atoms with E-state index in [1.807, 2.05) is 49.5 Å². The van der Waals surface area contributed by atoms with E-state index in [2.05, 4.69) is 94.0 Å². The minimum Gasteiger partial charge on any atom is -0.510 e. The largest absolute Gasteiger partial charge is 0.510 e. The van der Waals surface area contributed by atoms with E-state index in [9.17, 15) is 0 Å². The molecular formula is C58H50N4OPt-2. The van der Waals surface area contributed by atoms with Gasteiger partial charge >= 0.3 is 0 Å². The zero-order valence-corrected chi connectivity index (χ0v) is 38.6. The molecule has 6 heteroatoms. The summed E-state index contributed by atoms with van der Waals surface area (Å²) in [4.78, 5) is 4.90. The molecule has 320 valence electrons. The molecule has 10 rings (SSSR count). The molecule has 0 amide bonds. The Morgan fingerprint density at radius 2 is 1.39 bits per heavy atom. The number of rotatable bonds is 10. The van der Waals surface area contributed by atoms with Crippen molar-refractivity contribution in [2.75, 3.05) is 0 Å². The van der Waals surface area contributed by atoms with Crippen molar-refractivity contribution in [3.63, 3.8) is 0 Å². The Morgan fingerprint density at radius 1 is 0.719 bits per heavy atom. The van der Waals surface area contributed by atoms with E-state index in [1.165, 1.54) is 11.1 Å². The first-order valence-electron chi connectivity index (χ1n) is 26.3. The molecule has 0 unspecified atom stereocenters. The maximum absolute atomic E-state index is 9.06. The van der Waals surface area contributed by atoms with Crippen LogP contribution in [-0.2, 0) is 26.5 Å². The topological polar surface area (TPSA) is 35.9 Å². The van der Waals surface area contributed by atoms with E-state index in [1.54, 1.807) is 33.4 Å². The van der Waals surface area contributed by atoms with Crippen LogP contribution >= 0.6 is 0 Å². The third-order valence-electron chi connectivity index (χ3n) is 11.9. The third-order valence-corrected chi connectivity index (χ3v) is 11.9. The van der Waals surface area contributed by atoms with E-state index < -0.39 is 60.4 Å². The molecule has 0 atom stereocenters. The molecule has 0 aliphatic heterocycles. The Balaban J connectivity index is 0.00000672. The van der Waals surface area contributed by atoms with Crippen LogP contribution < -0.4 is 9.30 Å². The number of pyridine rings is 1. The molecule has 5 nitrogen and oxygen atoms in total. The molecule has 0 fully saturated rings. The summed E-state index contributed by atoms with van der Waals surface area (Å²) < 4.78 is 99.6. The number of para-hydroxylation sites is 2. The van der Waals surface area contributed by atoms with E-state index >= 15 is 0 Å². The van der Waals surface area contributed by atoms with Crippen LogP contribution in [0.25, 0.3) is 72.3 Å². The molecule has 0 saturated carbocycles. The van der Waals surface area contributed by atoms with Gasteiger partial charge in [0.25, 0.3) is 6.33 Å². The molecule has 64 heavy (non-hydrogen) atoms. The number of hydrogen-bond donors (Lipinski definition) is 0. The number of aromatic nitrogens is 4. The number of aryl methyl sites for hydroxylation is 1. The van der Waals surface area contributed by atoms with Crippen molar-refractivity contribution < 1.29 is 44.1 Å². The maximum Gasteiger partial charge on any atom is 0.268 e. The van der Waals surface area contributed by atoms with Crippen LogP contribution in [0.4, 0.5) is 0 Å². The minimum atomic E-state index is -0.569. The predicted molar refractivity (Wildman–Crippen MR) is 258 cm³/mol. The molecule has 3 heterocycles. The Morgan fingerprint density at radius 3 is 2.08 bits per heavy atom. The van der Waals surface area contributed by atoms with E-state index in [0.717, 1.165) is 46.0 Å². The van der Waals surface area contributed by atoms with Crippen LogP contribution in [0.1, 0.15) is 83.8 Å². The van der Waals surface area contributed by atoms with Gasteiger partial charge in [-0.1, -0.05) is 149 Å². The first-order valence-corrected chi connectivity index (χ1v) is 21.3. The summed E-state index contributed by atoms with van der Waals surface area (Å²) in [5.41, 5.74) is 6.85. The van der Waals surface area contributed by atoms with Crippen LogP contribution in [-0.4, -0.2) is 14.1 Å². The van der Waals surface area contributed by atoms with Gasteiger partial charge in [-0.2, -0.15) is 18.2 Å². The summed E-state index contributed by atoms with van der Waals surface area (Å²) in [5.74, 6) is 1.99. The van der Waals surface area contributed by atoms with Gasteiger partial charge in [0, 0.05) is 44.3 Å². The zero-order chi connectivity index (χ0) is 51.9. The van der Waals surface area contributed by atoms with Crippen molar-refractivity contribution in [3.8, 4) is 50.9 Å². The minimum absolute atomic E-state index is 0. The molecular weight excluding hydrogens is 964 g/mol. The van der Waals surface area contributed by atoms with Gasteiger partial charge in [0.2, 0.25) is 0 Å². The van der Waals surface area contributed by atoms with E-state index in [-0.39, 0.29) is 54.4 Å². The molecule has 0 bridgehead atoms. The van der Waals surface area contributed by atoms with Crippen molar-refractivity contribution >= 4 is 32.8 Å². The summed E-state index contributed by atoms with van der Waals surface area (Å²) >= 11 is 0.